The third-order valence-corrected chi connectivity index (χ3v) is 8.00. The second kappa shape index (κ2) is 9.09. The molecule has 1 aromatic carbocycles. The predicted octanol–water partition coefficient (Wildman–Crippen LogP) is 5.03. The summed E-state index contributed by atoms with van der Waals surface area (Å²) >= 11 is 0.882. The maximum Gasteiger partial charge on any atom is 0.434 e. The number of pyridine rings is 1. The lowest BCUT2D eigenvalue weighted by Gasteiger charge is -2.25. The number of methoxy groups -OCH3 is 1. The Kier molecular flexibility index (Phi) is 5.85. The number of anilines is 2. The van der Waals surface area contributed by atoms with E-state index in [4.69, 9.17) is 4.74 Å². The fourth-order valence-corrected chi connectivity index (χ4v) is 6.04. The number of imidazole rings is 1. The first kappa shape index (κ1) is 23.8. The topological polar surface area (TPSA) is 83.1 Å². The lowest BCUT2D eigenvalue weighted by atomic mass is 9.86. The van der Waals surface area contributed by atoms with Gasteiger partial charge in [0.1, 0.15) is 10.8 Å². The molecule has 3 aromatic heterocycles. The fraction of sp³-hybridized carbons (Fsp3) is 0.360. The molecule has 6 rings (SSSR count). The number of aromatic amines is 1. The normalized spacial score (nSPS) is 19.9. The SMILES string of the molecule is COc1ccc(N2CCC3(CCN(c4nc5ncc(Sc6cccnc6C(F)(F)F)nc5[nH]4)C3)C2)cc1. The molecule has 0 aliphatic carbocycles. The maximum absolute atomic E-state index is 13.3. The van der Waals surface area contributed by atoms with Crippen molar-refractivity contribution in [1.29, 1.82) is 0 Å². The molecule has 2 aliphatic rings. The Labute approximate surface area is 215 Å². The molecule has 2 fully saturated rings. The lowest BCUT2D eigenvalue weighted by molar-refractivity contribution is -0.143. The lowest BCUT2D eigenvalue weighted by Crippen LogP contribution is -2.31. The van der Waals surface area contributed by atoms with Gasteiger partial charge in [0.2, 0.25) is 5.95 Å². The van der Waals surface area contributed by atoms with E-state index in [1.165, 1.54) is 24.0 Å². The van der Waals surface area contributed by atoms with Gasteiger partial charge in [-0.1, -0.05) is 11.8 Å². The van der Waals surface area contributed by atoms with Crippen LogP contribution in [0.15, 0.2) is 58.7 Å². The molecule has 2 saturated heterocycles. The van der Waals surface area contributed by atoms with Crippen molar-refractivity contribution in [3.8, 4) is 5.75 Å². The number of benzene rings is 1. The van der Waals surface area contributed by atoms with Crippen LogP contribution in [-0.2, 0) is 6.18 Å². The van der Waals surface area contributed by atoms with E-state index in [9.17, 15) is 13.2 Å². The van der Waals surface area contributed by atoms with Crippen LogP contribution in [0.1, 0.15) is 18.5 Å². The van der Waals surface area contributed by atoms with Crippen molar-refractivity contribution in [3.63, 3.8) is 0 Å². The van der Waals surface area contributed by atoms with Crippen molar-refractivity contribution in [2.45, 2.75) is 28.9 Å². The highest BCUT2D eigenvalue weighted by Crippen LogP contribution is 2.42. The molecule has 12 heteroatoms. The fourth-order valence-electron chi connectivity index (χ4n) is 5.16. The van der Waals surface area contributed by atoms with Gasteiger partial charge in [-0.2, -0.15) is 18.2 Å². The Morgan fingerprint density at radius 3 is 2.51 bits per heavy atom. The average molecular weight is 528 g/mol. The number of aromatic nitrogens is 5. The minimum absolute atomic E-state index is 0.0208. The average Bonchev–Trinajstić information content (AvgIpc) is 3.62. The molecule has 0 amide bonds. The van der Waals surface area contributed by atoms with Gasteiger partial charge in [-0.15, -0.1) is 0 Å². The van der Waals surface area contributed by atoms with E-state index in [1.807, 2.05) is 12.1 Å². The number of rotatable bonds is 5. The summed E-state index contributed by atoms with van der Waals surface area (Å²) in [6.45, 7) is 3.70. The molecule has 0 radical (unpaired) electrons. The summed E-state index contributed by atoms with van der Waals surface area (Å²) in [5.41, 5.74) is 1.32. The highest BCUT2D eigenvalue weighted by atomic mass is 32.2. The van der Waals surface area contributed by atoms with Gasteiger partial charge in [0, 0.05) is 48.4 Å². The number of nitrogens with zero attached hydrogens (tertiary/aromatic N) is 6. The number of nitrogens with one attached hydrogen (secondary N) is 1. The second-order valence-electron chi connectivity index (χ2n) is 9.43. The van der Waals surface area contributed by atoms with Crippen LogP contribution in [0.25, 0.3) is 11.3 Å². The first-order chi connectivity index (χ1) is 17.8. The summed E-state index contributed by atoms with van der Waals surface area (Å²) in [7, 11) is 1.67. The van der Waals surface area contributed by atoms with E-state index in [2.05, 4.69) is 46.9 Å². The quantitative estimate of drug-likeness (QED) is 0.387. The highest BCUT2D eigenvalue weighted by Gasteiger charge is 2.44. The number of halogens is 3. The number of ether oxygens (including phenoxy) is 1. The summed E-state index contributed by atoms with van der Waals surface area (Å²) in [5.74, 6) is 1.54. The monoisotopic (exact) mass is 527 g/mol. The van der Waals surface area contributed by atoms with E-state index in [-0.39, 0.29) is 10.3 Å². The van der Waals surface area contributed by atoms with Crippen molar-refractivity contribution < 1.29 is 17.9 Å². The zero-order chi connectivity index (χ0) is 25.6. The second-order valence-corrected chi connectivity index (χ2v) is 10.5. The smallest absolute Gasteiger partial charge is 0.434 e. The van der Waals surface area contributed by atoms with E-state index < -0.39 is 11.9 Å². The Balaban J connectivity index is 1.17. The molecule has 1 spiro atoms. The Morgan fingerprint density at radius 2 is 1.76 bits per heavy atom. The molecule has 1 atom stereocenters. The van der Waals surface area contributed by atoms with Crippen LogP contribution in [0, 0.1) is 5.41 Å². The van der Waals surface area contributed by atoms with Gasteiger partial charge in [0.25, 0.3) is 0 Å². The molecule has 0 bridgehead atoms. The molecule has 0 saturated carbocycles. The Morgan fingerprint density at radius 1 is 1.00 bits per heavy atom. The number of alkyl halides is 3. The van der Waals surface area contributed by atoms with Crippen molar-refractivity contribution in [2.24, 2.45) is 5.41 Å². The number of hydrogen-bond acceptors (Lipinski definition) is 8. The van der Waals surface area contributed by atoms with Gasteiger partial charge in [0.05, 0.1) is 13.3 Å². The molecule has 2 aliphatic heterocycles. The zero-order valence-corrected chi connectivity index (χ0v) is 20.8. The molecule has 5 heterocycles. The minimum atomic E-state index is -4.54. The standard InChI is InChI=1S/C25H24F3N7OS/c1-36-17-6-4-16(5-7-17)34-11-8-24(14-34)9-12-35(15-24)23-32-21-22(33-23)31-19(13-30-21)37-18-3-2-10-29-20(18)25(26,27)28/h2-7,10,13H,8-9,11-12,14-15H2,1H3,(H,30,31,32,33). The minimum Gasteiger partial charge on any atom is -0.497 e. The third-order valence-electron chi connectivity index (χ3n) is 7.04. The summed E-state index contributed by atoms with van der Waals surface area (Å²) in [4.78, 5) is 24.8. The van der Waals surface area contributed by atoms with Crippen LogP contribution in [0.2, 0.25) is 0 Å². The van der Waals surface area contributed by atoms with Gasteiger partial charge in [-0.25, -0.2) is 9.97 Å². The molecule has 192 valence electrons. The first-order valence-electron chi connectivity index (χ1n) is 11.9. The van der Waals surface area contributed by atoms with Crippen LogP contribution in [0.5, 0.6) is 5.75 Å². The first-order valence-corrected chi connectivity index (χ1v) is 12.7. The molecule has 37 heavy (non-hydrogen) atoms. The predicted molar refractivity (Wildman–Crippen MR) is 134 cm³/mol. The zero-order valence-electron chi connectivity index (χ0n) is 20.0. The van der Waals surface area contributed by atoms with E-state index in [0.29, 0.717) is 22.3 Å². The highest BCUT2D eigenvalue weighted by molar-refractivity contribution is 7.99. The molecule has 4 aromatic rings. The largest absolute Gasteiger partial charge is 0.497 e. The van der Waals surface area contributed by atoms with Gasteiger partial charge in [0.15, 0.2) is 17.0 Å². The summed E-state index contributed by atoms with van der Waals surface area (Å²) in [6.07, 6.45) is 0.184. The van der Waals surface area contributed by atoms with Gasteiger partial charge in [-0.05, 0) is 49.2 Å². The Hall–Kier alpha value is -3.54. The molecular weight excluding hydrogens is 503 g/mol. The van der Waals surface area contributed by atoms with Crippen molar-refractivity contribution >= 4 is 34.7 Å². The van der Waals surface area contributed by atoms with E-state index in [0.717, 1.165) is 62.7 Å². The summed E-state index contributed by atoms with van der Waals surface area (Å²) in [6, 6.07) is 11.0. The number of fused-ring (bicyclic) bond motifs is 1. The van der Waals surface area contributed by atoms with Crippen LogP contribution in [-0.4, -0.2) is 58.2 Å². The number of hydrogen-bond donors (Lipinski definition) is 1. The van der Waals surface area contributed by atoms with Crippen LogP contribution in [0.4, 0.5) is 24.8 Å². The van der Waals surface area contributed by atoms with E-state index in [1.54, 1.807) is 7.11 Å². The van der Waals surface area contributed by atoms with Gasteiger partial charge < -0.3 is 19.5 Å². The van der Waals surface area contributed by atoms with Crippen LogP contribution >= 0.6 is 11.8 Å². The number of H-pyrrole nitrogens is 1. The van der Waals surface area contributed by atoms with Crippen molar-refractivity contribution in [2.75, 3.05) is 43.1 Å². The summed E-state index contributed by atoms with van der Waals surface area (Å²) < 4.78 is 45.2. The summed E-state index contributed by atoms with van der Waals surface area (Å²) in [5, 5.41) is 0.338. The van der Waals surface area contributed by atoms with Gasteiger partial charge >= 0.3 is 6.18 Å². The maximum atomic E-state index is 13.3. The van der Waals surface area contributed by atoms with Crippen LogP contribution < -0.4 is 14.5 Å². The molecule has 8 nitrogen and oxygen atoms in total. The third kappa shape index (κ3) is 4.65. The Bertz CT molecular complexity index is 1430. The van der Waals surface area contributed by atoms with Crippen molar-refractivity contribution in [3.05, 3.63) is 54.5 Å². The van der Waals surface area contributed by atoms with Crippen LogP contribution in [0.3, 0.4) is 0 Å². The molecular formula is C25H24F3N7OS. The molecule has 1 N–H and O–H groups in total. The van der Waals surface area contributed by atoms with Crippen molar-refractivity contribution in [1.82, 2.24) is 24.9 Å². The van der Waals surface area contributed by atoms with E-state index >= 15 is 0 Å². The molecule has 1 unspecified atom stereocenters. The van der Waals surface area contributed by atoms with Gasteiger partial charge in [-0.3, -0.25) is 4.98 Å².